The summed E-state index contributed by atoms with van der Waals surface area (Å²) in [4.78, 5) is 13.9. The molecule has 1 saturated carbocycles. The summed E-state index contributed by atoms with van der Waals surface area (Å²) in [5.41, 5.74) is 2.63. The van der Waals surface area contributed by atoms with Crippen molar-refractivity contribution in [1.82, 2.24) is 15.1 Å². The molecule has 0 aliphatic heterocycles. The molecule has 1 amide bonds. The minimum atomic E-state index is -0.190. The fourth-order valence-electron chi connectivity index (χ4n) is 1.93. The van der Waals surface area contributed by atoms with Gasteiger partial charge >= 0.3 is 0 Å². The van der Waals surface area contributed by atoms with Gasteiger partial charge in [-0.15, -0.1) is 10.2 Å². The van der Waals surface area contributed by atoms with Gasteiger partial charge in [0, 0.05) is 12.6 Å². The largest absolute Gasteiger partial charge is 0.395 e. The Kier molecular flexibility index (Phi) is 4.06. The van der Waals surface area contributed by atoms with Gasteiger partial charge in [0.05, 0.1) is 6.61 Å². The lowest BCUT2D eigenvalue weighted by molar-refractivity contribution is 0.0519. The molecule has 1 aliphatic carbocycles. The molecule has 0 bridgehead atoms. The van der Waals surface area contributed by atoms with E-state index in [1.54, 1.807) is 17.0 Å². The molecule has 98 valence electrons. The predicted octanol–water partition coefficient (Wildman–Crippen LogP) is -0.251. The molecule has 1 aromatic heterocycles. The van der Waals surface area contributed by atoms with Gasteiger partial charge in [0.25, 0.3) is 5.91 Å². The highest BCUT2D eigenvalue weighted by Crippen LogP contribution is 2.25. The van der Waals surface area contributed by atoms with Crippen molar-refractivity contribution in [2.45, 2.75) is 25.3 Å². The maximum Gasteiger partial charge on any atom is 0.274 e. The molecule has 0 unspecified atom stereocenters. The summed E-state index contributed by atoms with van der Waals surface area (Å²) in [6.07, 6.45) is 3.10. The zero-order chi connectivity index (χ0) is 13.0. The lowest BCUT2D eigenvalue weighted by Crippen LogP contribution is -2.46. The van der Waals surface area contributed by atoms with E-state index in [0.717, 1.165) is 19.3 Å². The van der Waals surface area contributed by atoms with Crippen LogP contribution in [0.1, 0.15) is 29.8 Å². The molecule has 0 spiro atoms. The van der Waals surface area contributed by atoms with Crippen LogP contribution in [0, 0.1) is 0 Å². The molecule has 1 aliphatic rings. The minimum Gasteiger partial charge on any atom is -0.395 e. The number of hydrogen-bond acceptors (Lipinski definition) is 6. The van der Waals surface area contributed by atoms with E-state index in [1.165, 1.54) is 0 Å². The van der Waals surface area contributed by atoms with E-state index >= 15 is 0 Å². The van der Waals surface area contributed by atoms with Gasteiger partial charge in [-0.2, -0.15) is 0 Å². The van der Waals surface area contributed by atoms with Gasteiger partial charge in [0.1, 0.15) is 0 Å². The number of anilines is 1. The van der Waals surface area contributed by atoms with Crippen LogP contribution in [0.5, 0.6) is 0 Å². The van der Waals surface area contributed by atoms with Gasteiger partial charge in [0.2, 0.25) is 0 Å². The third-order valence-corrected chi connectivity index (χ3v) is 3.15. The van der Waals surface area contributed by atoms with Gasteiger partial charge in [-0.25, -0.2) is 5.84 Å². The first-order valence-electron chi connectivity index (χ1n) is 5.98. The number of amides is 1. The van der Waals surface area contributed by atoms with Gasteiger partial charge in [-0.3, -0.25) is 4.79 Å². The van der Waals surface area contributed by atoms with Crippen molar-refractivity contribution in [3.05, 3.63) is 17.8 Å². The molecule has 7 nitrogen and oxygen atoms in total. The second-order valence-corrected chi connectivity index (χ2v) is 4.26. The molecule has 0 saturated heterocycles. The average Bonchev–Trinajstić information content (AvgIpc) is 2.35. The number of nitrogens with zero attached hydrogens (tertiary/aromatic N) is 3. The summed E-state index contributed by atoms with van der Waals surface area (Å²) in [5.74, 6) is 5.40. The van der Waals surface area contributed by atoms with E-state index in [1.807, 2.05) is 0 Å². The average molecular weight is 251 g/mol. The molecule has 0 aromatic carbocycles. The summed E-state index contributed by atoms with van der Waals surface area (Å²) < 4.78 is 0. The number of hydrogen-bond donors (Lipinski definition) is 3. The zero-order valence-corrected chi connectivity index (χ0v) is 10.0. The Balaban J connectivity index is 2.10. The second kappa shape index (κ2) is 5.74. The van der Waals surface area contributed by atoms with Crippen LogP contribution < -0.4 is 11.3 Å². The van der Waals surface area contributed by atoms with Gasteiger partial charge < -0.3 is 15.4 Å². The SMILES string of the molecule is NNc1ccc(C(=O)N(CCO)C2CCC2)nn1. The topological polar surface area (TPSA) is 104 Å². The third-order valence-electron chi connectivity index (χ3n) is 3.15. The molecular weight excluding hydrogens is 234 g/mol. The van der Waals surface area contributed by atoms with Crippen molar-refractivity contribution in [2.75, 3.05) is 18.6 Å². The van der Waals surface area contributed by atoms with Gasteiger partial charge in [0.15, 0.2) is 11.5 Å². The molecule has 0 radical (unpaired) electrons. The number of nitrogens with two attached hydrogens (primary N) is 1. The molecule has 0 atom stereocenters. The Morgan fingerprint density at radius 2 is 2.28 bits per heavy atom. The van der Waals surface area contributed by atoms with Crippen LogP contribution in [0.4, 0.5) is 5.82 Å². The van der Waals surface area contributed by atoms with Crippen LogP contribution in [0.15, 0.2) is 12.1 Å². The minimum absolute atomic E-state index is 0.0435. The van der Waals surface area contributed by atoms with Crippen LogP contribution in [0.3, 0.4) is 0 Å². The van der Waals surface area contributed by atoms with E-state index in [-0.39, 0.29) is 24.2 Å². The Morgan fingerprint density at radius 1 is 1.50 bits per heavy atom. The Bertz CT molecular complexity index is 404. The fraction of sp³-hybridized carbons (Fsp3) is 0.545. The maximum absolute atomic E-state index is 12.2. The number of aliphatic hydroxyl groups excluding tert-OH is 1. The van der Waals surface area contributed by atoms with E-state index in [9.17, 15) is 4.79 Å². The van der Waals surface area contributed by atoms with Crippen LogP contribution in [-0.2, 0) is 0 Å². The molecule has 1 aromatic rings. The number of carbonyl (C=O) groups is 1. The van der Waals surface area contributed by atoms with Crippen molar-refractivity contribution in [3.63, 3.8) is 0 Å². The highest BCUT2D eigenvalue weighted by Gasteiger charge is 2.29. The number of hydrazine groups is 1. The van der Waals surface area contributed by atoms with E-state index in [0.29, 0.717) is 12.4 Å². The van der Waals surface area contributed by atoms with Crippen LogP contribution in [0.25, 0.3) is 0 Å². The lowest BCUT2D eigenvalue weighted by atomic mass is 9.91. The van der Waals surface area contributed by atoms with Crippen LogP contribution >= 0.6 is 0 Å². The van der Waals surface area contributed by atoms with E-state index in [4.69, 9.17) is 10.9 Å². The molecule has 1 heterocycles. The standard InChI is InChI=1S/C11H17N5O2/c12-13-10-5-4-9(14-15-10)11(18)16(6-7-17)8-2-1-3-8/h4-5,8,17H,1-3,6-7,12H2,(H,13,15). The normalized spacial score (nSPS) is 15.0. The first-order chi connectivity index (χ1) is 8.76. The van der Waals surface area contributed by atoms with Crippen LogP contribution in [-0.4, -0.2) is 45.3 Å². The lowest BCUT2D eigenvalue weighted by Gasteiger charge is -2.36. The van der Waals surface area contributed by atoms with Gasteiger partial charge in [-0.1, -0.05) is 0 Å². The third kappa shape index (κ3) is 2.57. The Labute approximate surface area is 105 Å². The second-order valence-electron chi connectivity index (χ2n) is 4.26. The number of aromatic nitrogens is 2. The Hall–Kier alpha value is -1.73. The highest BCUT2D eigenvalue weighted by atomic mass is 16.3. The number of nitrogen functional groups attached to an aromatic ring is 1. The fourth-order valence-corrected chi connectivity index (χ4v) is 1.93. The maximum atomic E-state index is 12.2. The first kappa shape index (κ1) is 12.7. The zero-order valence-electron chi connectivity index (χ0n) is 10.0. The summed E-state index contributed by atoms with van der Waals surface area (Å²) in [5, 5.41) is 16.6. The first-order valence-corrected chi connectivity index (χ1v) is 5.98. The summed E-state index contributed by atoms with van der Waals surface area (Å²) in [6.45, 7) is 0.292. The van der Waals surface area contributed by atoms with Crippen molar-refractivity contribution in [2.24, 2.45) is 5.84 Å². The van der Waals surface area contributed by atoms with E-state index in [2.05, 4.69) is 15.6 Å². The molecular formula is C11H17N5O2. The number of carbonyl (C=O) groups excluding carboxylic acids is 1. The monoisotopic (exact) mass is 251 g/mol. The predicted molar refractivity (Wildman–Crippen MR) is 65.6 cm³/mol. The molecule has 2 rings (SSSR count). The smallest absolute Gasteiger partial charge is 0.274 e. The van der Waals surface area contributed by atoms with E-state index < -0.39 is 0 Å². The van der Waals surface area contributed by atoms with Crippen molar-refractivity contribution in [3.8, 4) is 0 Å². The number of nitrogens with one attached hydrogen (secondary N) is 1. The van der Waals surface area contributed by atoms with Crippen molar-refractivity contribution >= 4 is 11.7 Å². The molecule has 4 N–H and O–H groups in total. The Morgan fingerprint density at radius 3 is 2.72 bits per heavy atom. The van der Waals surface area contributed by atoms with Crippen LogP contribution in [0.2, 0.25) is 0 Å². The summed E-state index contributed by atoms with van der Waals surface area (Å²) >= 11 is 0. The van der Waals surface area contributed by atoms with Gasteiger partial charge in [-0.05, 0) is 31.4 Å². The number of rotatable bonds is 5. The van der Waals surface area contributed by atoms with Crippen molar-refractivity contribution in [1.29, 1.82) is 0 Å². The molecule has 7 heteroatoms. The number of aliphatic hydroxyl groups is 1. The highest BCUT2D eigenvalue weighted by molar-refractivity contribution is 5.92. The summed E-state index contributed by atoms with van der Waals surface area (Å²) in [7, 11) is 0. The molecule has 18 heavy (non-hydrogen) atoms. The molecule has 1 fully saturated rings. The van der Waals surface area contributed by atoms with Crippen molar-refractivity contribution < 1.29 is 9.90 Å². The summed E-state index contributed by atoms with van der Waals surface area (Å²) in [6, 6.07) is 3.39. The quantitative estimate of drug-likeness (QED) is 0.492.